The van der Waals surface area contributed by atoms with Gasteiger partial charge < -0.3 is 9.84 Å². The van der Waals surface area contributed by atoms with Crippen molar-refractivity contribution in [1.82, 2.24) is 14.3 Å². The summed E-state index contributed by atoms with van der Waals surface area (Å²) >= 11 is 0. The van der Waals surface area contributed by atoms with E-state index >= 15 is 0 Å². The second kappa shape index (κ2) is 6.46. The van der Waals surface area contributed by atoms with Crippen molar-refractivity contribution in [1.29, 1.82) is 0 Å². The maximum Gasteiger partial charge on any atom is 0.507 e. The summed E-state index contributed by atoms with van der Waals surface area (Å²) in [5, 5.41) is 12.8. The summed E-state index contributed by atoms with van der Waals surface area (Å²) < 4.78 is 58.4. The minimum absolute atomic E-state index is 0.0342. The first-order chi connectivity index (χ1) is 12.2. The molecule has 0 spiro atoms. The van der Waals surface area contributed by atoms with Crippen LogP contribution in [0.2, 0.25) is 0 Å². The van der Waals surface area contributed by atoms with Crippen molar-refractivity contribution in [2.24, 2.45) is 0 Å². The second-order valence-corrected chi connectivity index (χ2v) is 5.77. The standard InChI is InChI=1S/C15H13F4N3O4/c16-10-5-4-8(6-9(10)15(17,18)19)7-21-13(23)22-11(20-21)2-1-3-12(22)26-14(24)25/h4-6,12H,1-3,7H2,(H,24,25). The number of halogens is 4. The molecule has 7 nitrogen and oxygen atoms in total. The highest BCUT2D eigenvalue weighted by atomic mass is 19.4. The monoisotopic (exact) mass is 375 g/mol. The predicted octanol–water partition coefficient (Wildman–Crippen LogP) is 2.78. The smallest absolute Gasteiger partial charge is 0.450 e. The molecule has 1 aliphatic rings. The molecule has 0 fully saturated rings. The summed E-state index contributed by atoms with van der Waals surface area (Å²) in [6.07, 6.45) is -6.20. The summed E-state index contributed by atoms with van der Waals surface area (Å²) in [7, 11) is 0. The Morgan fingerprint density at radius 1 is 1.38 bits per heavy atom. The van der Waals surface area contributed by atoms with Gasteiger partial charge in [-0.15, -0.1) is 0 Å². The molecule has 0 saturated heterocycles. The maximum atomic E-state index is 13.4. The van der Waals surface area contributed by atoms with Crippen LogP contribution in [0.5, 0.6) is 0 Å². The van der Waals surface area contributed by atoms with Gasteiger partial charge in [-0.05, 0) is 24.1 Å². The highest BCUT2D eigenvalue weighted by molar-refractivity contribution is 5.56. The number of hydrogen-bond donors (Lipinski definition) is 1. The van der Waals surface area contributed by atoms with Crippen molar-refractivity contribution in [3.8, 4) is 0 Å². The molecular weight excluding hydrogens is 362 g/mol. The van der Waals surface area contributed by atoms with Gasteiger partial charge in [-0.2, -0.15) is 18.3 Å². The van der Waals surface area contributed by atoms with Gasteiger partial charge in [0.1, 0.15) is 11.6 Å². The molecule has 0 bridgehead atoms. The second-order valence-electron chi connectivity index (χ2n) is 5.77. The zero-order valence-corrected chi connectivity index (χ0v) is 13.2. The predicted molar refractivity (Wildman–Crippen MR) is 78.1 cm³/mol. The van der Waals surface area contributed by atoms with E-state index < -0.39 is 35.6 Å². The van der Waals surface area contributed by atoms with Gasteiger partial charge in [-0.3, -0.25) is 0 Å². The maximum absolute atomic E-state index is 13.4. The molecule has 0 aliphatic carbocycles. The average Bonchev–Trinajstić information content (AvgIpc) is 2.85. The number of alkyl halides is 3. The van der Waals surface area contributed by atoms with Crippen LogP contribution < -0.4 is 5.69 Å². The summed E-state index contributed by atoms with van der Waals surface area (Å²) in [4.78, 5) is 23.2. The van der Waals surface area contributed by atoms with Gasteiger partial charge in [0.15, 0.2) is 6.23 Å². The van der Waals surface area contributed by atoms with Crippen LogP contribution in [0.25, 0.3) is 0 Å². The van der Waals surface area contributed by atoms with Crippen LogP contribution in [0.3, 0.4) is 0 Å². The molecule has 2 aromatic rings. The molecule has 0 amide bonds. The highest BCUT2D eigenvalue weighted by Crippen LogP contribution is 2.32. The molecule has 0 saturated carbocycles. The van der Waals surface area contributed by atoms with Gasteiger partial charge in [0.25, 0.3) is 0 Å². The minimum atomic E-state index is -4.86. The molecule has 1 aliphatic heterocycles. The SMILES string of the molecule is O=C(O)OC1CCCc2nn(Cc3ccc(F)c(C(F)(F)F)c3)c(=O)n21. The lowest BCUT2D eigenvalue weighted by Crippen LogP contribution is -2.33. The zero-order chi connectivity index (χ0) is 19.1. The molecule has 2 heterocycles. The Hall–Kier alpha value is -2.85. The third kappa shape index (κ3) is 3.41. The van der Waals surface area contributed by atoms with E-state index in [9.17, 15) is 27.2 Å². The van der Waals surface area contributed by atoms with Crippen LogP contribution in [-0.4, -0.2) is 25.6 Å². The number of carboxylic acid groups (broad SMARTS) is 1. The minimum Gasteiger partial charge on any atom is -0.450 e. The lowest BCUT2D eigenvalue weighted by Gasteiger charge is -2.21. The van der Waals surface area contributed by atoms with Gasteiger partial charge in [0.2, 0.25) is 0 Å². The van der Waals surface area contributed by atoms with Crippen LogP contribution in [0.1, 0.15) is 36.0 Å². The Balaban J connectivity index is 1.94. The first-order valence-electron chi connectivity index (χ1n) is 7.60. The van der Waals surface area contributed by atoms with Crippen LogP contribution in [-0.2, 0) is 23.9 Å². The van der Waals surface area contributed by atoms with E-state index in [4.69, 9.17) is 5.11 Å². The summed E-state index contributed by atoms with van der Waals surface area (Å²) in [6.45, 7) is -0.317. The fourth-order valence-electron chi connectivity index (χ4n) is 2.88. The number of benzene rings is 1. The van der Waals surface area contributed by atoms with E-state index in [1.165, 1.54) is 0 Å². The van der Waals surface area contributed by atoms with Gasteiger partial charge in [0.05, 0.1) is 12.1 Å². The van der Waals surface area contributed by atoms with Crippen molar-refractivity contribution < 1.29 is 32.2 Å². The van der Waals surface area contributed by atoms with E-state index in [0.717, 1.165) is 15.3 Å². The van der Waals surface area contributed by atoms with Crippen LogP contribution >= 0.6 is 0 Å². The summed E-state index contributed by atoms with van der Waals surface area (Å²) in [5.74, 6) is -1.13. The van der Waals surface area contributed by atoms with E-state index in [1.54, 1.807) is 0 Å². The lowest BCUT2D eigenvalue weighted by atomic mass is 10.1. The number of nitrogens with zero attached hydrogens (tertiary/aromatic N) is 3. The number of aromatic nitrogens is 3. The quantitative estimate of drug-likeness (QED) is 0.659. The van der Waals surface area contributed by atoms with Crippen LogP contribution in [0.15, 0.2) is 23.0 Å². The molecule has 3 rings (SSSR count). The molecule has 1 atom stereocenters. The Morgan fingerprint density at radius 3 is 2.77 bits per heavy atom. The third-order valence-electron chi connectivity index (χ3n) is 3.99. The fourth-order valence-corrected chi connectivity index (χ4v) is 2.88. The largest absolute Gasteiger partial charge is 0.507 e. The summed E-state index contributed by atoms with van der Waals surface area (Å²) in [6, 6.07) is 2.42. The normalized spacial score (nSPS) is 17.0. The number of fused-ring (bicyclic) bond motifs is 1. The average molecular weight is 375 g/mol. The van der Waals surface area contributed by atoms with Gasteiger partial charge >= 0.3 is 18.0 Å². The zero-order valence-electron chi connectivity index (χ0n) is 13.2. The van der Waals surface area contributed by atoms with Crippen molar-refractivity contribution in [2.75, 3.05) is 0 Å². The molecule has 0 radical (unpaired) electrons. The van der Waals surface area contributed by atoms with E-state index in [1.807, 2.05) is 0 Å². The lowest BCUT2D eigenvalue weighted by molar-refractivity contribution is -0.140. The summed E-state index contributed by atoms with van der Waals surface area (Å²) in [5.41, 5.74) is -2.10. The fraction of sp³-hybridized carbons (Fsp3) is 0.400. The van der Waals surface area contributed by atoms with Crippen molar-refractivity contribution >= 4 is 6.16 Å². The Kier molecular flexibility index (Phi) is 4.46. The first kappa shape index (κ1) is 18.0. The van der Waals surface area contributed by atoms with Crippen molar-refractivity contribution in [3.63, 3.8) is 0 Å². The molecular formula is C15H13F4N3O4. The molecule has 26 heavy (non-hydrogen) atoms. The van der Waals surface area contributed by atoms with E-state index in [2.05, 4.69) is 9.84 Å². The number of ether oxygens (including phenoxy) is 1. The van der Waals surface area contributed by atoms with Crippen LogP contribution in [0.4, 0.5) is 22.4 Å². The number of rotatable bonds is 3. The Bertz CT molecular complexity index is 903. The van der Waals surface area contributed by atoms with E-state index in [-0.39, 0.29) is 17.9 Å². The number of hydrogen-bond acceptors (Lipinski definition) is 4. The van der Waals surface area contributed by atoms with Crippen molar-refractivity contribution in [2.45, 2.75) is 38.2 Å². The third-order valence-corrected chi connectivity index (χ3v) is 3.99. The van der Waals surface area contributed by atoms with Gasteiger partial charge in [-0.1, -0.05) is 6.07 Å². The number of carbonyl (C=O) groups is 1. The molecule has 1 unspecified atom stereocenters. The molecule has 1 N–H and O–H groups in total. The molecule has 11 heteroatoms. The van der Waals surface area contributed by atoms with Gasteiger partial charge in [0, 0.05) is 12.8 Å². The number of aryl methyl sites for hydroxylation is 1. The topological polar surface area (TPSA) is 86.3 Å². The molecule has 1 aromatic heterocycles. The Morgan fingerprint density at radius 2 is 2.12 bits per heavy atom. The Labute approximate surface area is 143 Å². The molecule has 1 aromatic carbocycles. The first-order valence-corrected chi connectivity index (χ1v) is 7.60. The molecule has 140 valence electrons. The van der Waals surface area contributed by atoms with Gasteiger partial charge in [-0.25, -0.2) is 23.2 Å². The van der Waals surface area contributed by atoms with Crippen molar-refractivity contribution in [3.05, 3.63) is 51.5 Å². The van der Waals surface area contributed by atoms with E-state index in [0.29, 0.717) is 31.4 Å². The highest BCUT2D eigenvalue weighted by Gasteiger charge is 2.34. The van der Waals surface area contributed by atoms with Crippen LogP contribution in [0, 0.1) is 5.82 Å².